The maximum atomic E-state index is 16.0. The van der Waals surface area contributed by atoms with E-state index in [-0.39, 0.29) is 68.1 Å². The lowest BCUT2D eigenvalue weighted by Crippen LogP contribution is -2.70. The highest BCUT2D eigenvalue weighted by Gasteiger charge is 2.63. The van der Waals surface area contributed by atoms with Crippen molar-refractivity contribution in [1.82, 2.24) is 18.9 Å². The second kappa shape index (κ2) is 10.1. The summed E-state index contributed by atoms with van der Waals surface area (Å²) in [6, 6.07) is 8.73. The summed E-state index contributed by atoms with van der Waals surface area (Å²) >= 11 is 0. The number of hydrogen-bond acceptors (Lipinski definition) is 6. The van der Waals surface area contributed by atoms with Crippen LogP contribution in [-0.4, -0.2) is 81.2 Å². The quantitative estimate of drug-likeness (QED) is 0.447. The molecule has 1 spiro atoms. The topological polar surface area (TPSA) is 117 Å². The van der Waals surface area contributed by atoms with E-state index < -0.39 is 47.4 Å². The largest absolute Gasteiger partial charge is 0.497 e. The van der Waals surface area contributed by atoms with Crippen molar-refractivity contribution in [2.24, 2.45) is 12.5 Å². The van der Waals surface area contributed by atoms with Crippen molar-refractivity contribution in [2.75, 3.05) is 38.2 Å². The number of amides is 3. The second-order valence-corrected chi connectivity index (χ2v) is 11.5. The molecule has 1 aromatic heterocycles. The van der Waals surface area contributed by atoms with E-state index in [1.54, 1.807) is 24.3 Å². The number of likely N-dealkylation sites (tertiary alicyclic amines) is 2. The Bertz CT molecular complexity index is 1700. The van der Waals surface area contributed by atoms with Gasteiger partial charge < -0.3 is 19.6 Å². The Morgan fingerprint density at radius 3 is 2.40 bits per heavy atom. The monoisotopic (exact) mass is 601 g/mol. The van der Waals surface area contributed by atoms with E-state index in [0.29, 0.717) is 16.2 Å². The number of anilines is 1. The van der Waals surface area contributed by atoms with E-state index in [9.17, 15) is 19.2 Å². The molecule has 3 saturated heterocycles. The van der Waals surface area contributed by atoms with E-state index in [4.69, 9.17) is 9.84 Å². The van der Waals surface area contributed by atoms with Crippen molar-refractivity contribution in [3.8, 4) is 5.75 Å². The molecule has 3 aliphatic heterocycles. The molecule has 3 amide bonds. The molecule has 1 unspecified atom stereocenters. The molecule has 4 heterocycles. The third-order valence-electron chi connectivity index (χ3n) is 9.08. The molecule has 6 rings (SSSR count). The molecule has 3 fully saturated rings. The molecule has 228 valence electrons. The zero-order chi connectivity index (χ0) is 30.8. The van der Waals surface area contributed by atoms with E-state index in [1.807, 2.05) is 0 Å². The Labute approximate surface area is 243 Å². The van der Waals surface area contributed by atoms with Crippen LogP contribution in [-0.2, 0) is 23.2 Å². The molecule has 11 nitrogen and oxygen atoms in total. The average molecular weight is 602 g/mol. The lowest BCUT2D eigenvalue weighted by Gasteiger charge is -2.57. The van der Waals surface area contributed by atoms with Crippen LogP contribution in [0.3, 0.4) is 0 Å². The van der Waals surface area contributed by atoms with E-state index in [2.05, 4.69) is 0 Å². The number of carboxylic acid groups (broad SMARTS) is 1. The minimum absolute atomic E-state index is 0.00174. The van der Waals surface area contributed by atoms with Crippen LogP contribution in [0.1, 0.15) is 30.9 Å². The number of benzene rings is 2. The molecular weight excluding hydrogens is 571 g/mol. The number of alkyl halides is 2. The molecule has 3 aromatic rings. The maximum Gasteiger partial charge on any atom is 0.407 e. The first-order valence-corrected chi connectivity index (χ1v) is 13.8. The van der Waals surface area contributed by atoms with Crippen molar-refractivity contribution in [1.29, 1.82) is 0 Å². The first-order chi connectivity index (χ1) is 20.4. The lowest BCUT2D eigenvalue weighted by atomic mass is 9.69. The van der Waals surface area contributed by atoms with Crippen LogP contribution in [0.2, 0.25) is 0 Å². The number of methoxy groups -OCH3 is 1. The van der Waals surface area contributed by atoms with Gasteiger partial charge in [-0.15, -0.1) is 0 Å². The molecule has 3 aliphatic rings. The molecule has 43 heavy (non-hydrogen) atoms. The Hall–Kier alpha value is -4.49. The van der Waals surface area contributed by atoms with Gasteiger partial charge in [0.25, 0.3) is 11.8 Å². The number of carbonyl (C=O) groups excluding carboxylic acids is 2. The van der Waals surface area contributed by atoms with Gasteiger partial charge in [0.1, 0.15) is 17.3 Å². The van der Waals surface area contributed by atoms with Crippen molar-refractivity contribution in [2.45, 2.75) is 37.8 Å². The van der Waals surface area contributed by atoms with Crippen molar-refractivity contribution < 1.29 is 37.4 Å². The third-order valence-corrected chi connectivity index (χ3v) is 9.08. The van der Waals surface area contributed by atoms with Gasteiger partial charge in [-0.2, -0.15) is 0 Å². The van der Waals surface area contributed by atoms with Gasteiger partial charge in [-0.25, -0.2) is 22.8 Å². The normalized spacial score (nSPS) is 21.4. The van der Waals surface area contributed by atoms with Crippen LogP contribution in [0.5, 0.6) is 5.75 Å². The van der Waals surface area contributed by atoms with Gasteiger partial charge in [-0.05, 0) is 42.7 Å². The van der Waals surface area contributed by atoms with E-state index in [0.717, 1.165) is 9.47 Å². The first-order valence-electron chi connectivity index (χ1n) is 13.8. The summed E-state index contributed by atoms with van der Waals surface area (Å²) in [7, 11) is 2.89. The summed E-state index contributed by atoms with van der Waals surface area (Å²) in [5, 5.41) is 9.13. The number of halogens is 3. The van der Waals surface area contributed by atoms with Crippen molar-refractivity contribution in [3.63, 3.8) is 0 Å². The standard InChI is InChI=1S/C29H30F3N5O6/c1-33-24-20(8-7-19(23(24)30)35-14-28(15-35)11-12-34(27(41)42)16-29(28,31)32)37(26(33)40)21-9-10-22(38)36(25(21)39)13-17-3-5-18(43-2)6-4-17/h3-8,21H,9-16H2,1-2H3,(H,41,42). The molecule has 0 saturated carbocycles. The molecule has 2 aromatic carbocycles. The Kier molecular flexibility index (Phi) is 6.69. The van der Waals surface area contributed by atoms with Gasteiger partial charge in [0.2, 0.25) is 5.91 Å². The minimum atomic E-state index is -3.28. The highest BCUT2D eigenvalue weighted by molar-refractivity contribution is 6.00. The van der Waals surface area contributed by atoms with Crippen molar-refractivity contribution in [3.05, 3.63) is 58.3 Å². The van der Waals surface area contributed by atoms with Gasteiger partial charge >= 0.3 is 11.8 Å². The number of hydrogen-bond donors (Lipinski definition) is 1. The number of piperidine rings is 2. The van der Waals surface area contributed by atoms with Gasteiger partial charge in [0.05, 0.1) is 36.8 Å². The third kappa shape index (κ3) is 4.41. The van der Waals surface area contributed by atoms with Crippen LogP contribution in [0.15, 0.2) is 41.2 Å². The fourth-order valence-electron chi connectivity index (χ4n) is 6.53. The molecule has 1 atom stereocenters. The first kappa shape index (κ1) is 28.6. The summed E-state index contributed by atoms with van der Waals surface area (Å²) in [5.41, 5.74) is -1.32. The van der Waals surface area contributed by atoms with Gasteiger partial charge in [0.15, 0.2) is 5.82 Å². The Balaban J connectivity index is 1.27. The number of nitrogens with zero attached hydrogens (tertiary/aromatic N) is 5. The fraction of sp³-hybridized carbons (Fsp3) is 0.448. The van der Waals surface area contributed by atoms with Gasteiger partial charge in [-0.1, -0.05) is 12.1 Å². The Morgan fingerprint density at radius 2 is 1.77 bits per heavy atom. The van der Waals surface area contributed by atoms with Crippen LogP contribution in [0.4, 0.5) is 23.7 Å². The number of imidazole rings is 1. The number of aromatic nitrogens is 2. The molecule has 14 heteroatoms. The molecule has 1 N–H and O–H groups in total. The molecule has 0 radical (unpaired) electrons. The number of ether oxygens (including phenoxy) is 1. The number of imide groups is 1. The molecule has 0 bridgehead atoms. The zero-order valence-corrected chi connectivity index (χ0v) is 23.6. The second-order valence-electron chi connectivity index (χ2n) is 11.5. The summed E-state index contributed by atoms with van der Waals surface area (Å²) < 4.78 is 53.5. The number of aryl methyl sites for hydroxylation is 1. The molecular formula is C29H30F3N5O6. The summed E-state index contributed by atoms with van der Waals surface area (Å²) in [6.07, 6.45) is -1.38. The lowest BCUT2D eigenvalue weighted by molar-refractivity contribution is -0.174. The fourth-order valence-corrected chi connectivity index (χ4v) is 6.53. The summed E-state index contributed by atoms with van der Waals surface area (Å²) in [5.74, 6) is -4.41. The van der Waals surface area contributed by atoms with E-state index >= 15 is 13.2 Å². The van der Waals surface area contributed by atoms with Crippen LogP contribution in [0, 0.1) is 11.2 Å². The minimum Gasteiger partial charge on any atom is -0.497 e. The van der Waals surface area contributed by atoms with Crippen LogP contribution < -0.4 is 15.3 Å². The number of fused-ring (bicyclic) bond motifs is 1. The van der Waals surface area contributed by atoms with Gasteiger partial charge in [-0.3, -0.25) is 23.6 Å². The highest BCUT2D eigenvalue weighted by atomic mass is 19.3. The smallest absolute Gasteiger partial charge is 0.407 e. The van der Waals surface area contributed by atoms with Crippen molar-refractivity contribution >= 4 is 34.6 Å². The number of carbonyl (C=O) groups is 3. The number of rotatable bonds is 5. The predicted molar refractivity (Wildman–Crippen MR) is 148 cm³/mol. The van der Waals surface area contributed by atoms with Crippen LogP contribution >= 0.6 is 0 Å². The van der Waals surface area contributed by atoms with Gasteiger partial charge in [0, 0.05) is 33.1 Å². The predicted octanol–water partition coefficient (Wildman–Crippen LogP) is 3.20. The zero-order valence-electron chi connectivity index (χ0n) is 23.6. The molecule has 0 aliphatic carbocycles. The van der Waals surface area contributed by atoms with Crippen LogP contribution in [0.25, 0.3) is 11.0 Å². The Morgan fingerprint density at radius 1 is 1.07 bits per heavy atom. The summed E-state index contributed by atoms with van der Waals surface area (Å²) in [6.45, 7) is -1.29. The summed E-state index contributed by atoms with van der Waals surface area (Å²) in [4.78, 5) is 54.2. The SMILES string of the molecule is COc1ccc(CN2C(=O)CCC(n3c(=O)n(C)c4c(F)c(N5CC6(CCN(C(=O)O)CC6(F)F)C5)ccc43)C2=O)cc1. The highest BCUT2D eigenvalue weighted by Crippen LogP contribution is 2.51. The van der Waals surface area contributed by atoms with E-state index in [1.165, 1.54) is 35.8 Å². The maximum absolute atomic E-state index is 16.0. The average Bonchev–Trinajstić information content (AvgIpc) is 3.20.